The fraction of sp³-hybridized carbons (Fsp3) is 0.206. The number of carbonyl (C=O) groups is 2. The standard InChI is InChI=1S/C34H30N4O8/c1-44-30-15-23-26(16-31(30)45-19-21(40)18-39)35-13-12-29(23)46-22-10-11-32(36-17-22)37-33(42)25-14-24-27(8-5-9-28(24)41)38(34(25)43)20-6-3-2-4-7-20/h2-4,6-7,10-17,21,39-40H,5,8-9,18-19H2,1H3,(H,36,37,42)/t21-/m1/s1. The van der Waals surface area contributed by atoms with E-state index in [9.17, 15) is 19.5 Å². The van der Waals surface area contributed by atoms with Gasteiger partial charge in [-0.05, 0) is 55.3 Å². The van der Waals surface area contributed by atoms with Crippen molar-refractivity contribution in [3.63, 3.8) is 0 Å². The third-order valence-corrected chi connectivity index (χ3v) is 7.51. The lowest BCUT2D eigenvalue weighted by molar-refractivity contribution is 0.0528. The lowest BCUT2D eigenvalue weighted by atomic mass is 9.92. The lowest BCUT2D eigenvalue weighted by Crippen LogP contribution is -2.33. The Balaban J connectivity index is 1.23. The number of benzene rings is 2. The molecule has 1 aliphatic rings. The zero-order valence-corrected chi connectivity index (χ0v) is 24.8. The number of hydrogen-bond donors (Lipinski definition) is 3. The van der Waals surface area contributed by atoms with E-state index in [1.165, 1.54) is 30.0 Å². The third kappa shape index (κ3) is 6.16. The minimum Gasteiger partial charge on any atom is -0.493 e. The second-order valence-corrected chi connectivity index (χ2v) is 10.6. The molecule has 3 N–H and O–H groups in total. The Bertz CT molecular complexity index is 1980. The predicted octanol–water partition coefficient (Wildman–Crippen LogP) is 4.08. The summed E-state index contributed by atoms with van der Waals surface area (Å²) in [5.41, 5.74) is 1.42. The summed E-state index contributed by atoms with van der Waals surface area (Å²) in [6, 6.07) is 18.5. The van der Waals surface area contributed by atoms with Gasteiger partial charge in [0.05, 0.1) is 25.4 Å². The quantitative estimate of drug-likeness (QED) is 0.207. The molecule has 0 fully saturated rings. The van der Waals surface area contributed by atoms with Crippen LogP contribution in [0.15, 0.2) is 83.9 Å². The lowest BCUT2D eigenvalue weighted by Gasteiger charge is -2.21. The van der Waals surface area contributed by atoms with Gasteiger partial charge >= 0.3 is 0 Å². The van der Waals surface area contributed by atoms with Gasteiger partial charge in [0.25, 0.3) is 11.5 Å². The van der Waals surface area contributed by atoms with E-state index < -0.39 is 24.2 Å². The van der Waals surface area contributed by atoms with Gasteiger partial charge in [0.2, 0.25) is 0 Å². The maximum Gasteiger partial charge on any atom is 0.268 e. The number of fused-ring (bicyclic) bond motifs is 2. The smallest absolute Gasteiger partial charge is 0.268 e. The minimum atomic E-state index is -1.04. The first-order valence-corrected chi connectivity index (χ1v) is 14.6. The summed E-state index contributed by atoms with van der Waals surface area (Å²) in [6.45, 7) is -0.567. The summed E-state index contributed by atoms with van der Waals surface area (Å²) in [4.78, 5) is 48.4. The van der Waals surface area contributed by atoms with E-state index in [0.717, 1.165) is 0 Å². The predicted molar refractivity (Wildman–Crippen MR) is 168 cm³/mol. The highest BCUT2D eigenvalue weighted by molar-refractivity contribution is 6.06. The number of ketones is 1. The van der Waals surface area contributed by atoms with Crippen LogP contribution in [0.2, 0.25) is 0 Å². The SMILES string of the molecule is COc1cc2c(Oc3ccc(NC(=O)c4cc5c(n(-c6ccccc6)c4=O)CCCC5=O)nc3)ccnc2cc1OC[C@H](O)CO. The fourth-order valence-electron chi connectivity index (χ4n) is 5.26. The molecule has 1 aliphatic carbocycles. The first-order chi connectivity index (χ1) is 22.4. The van der Waals surface area contributed by atoms with Crippen LogP contribution in [0.25, 0.3) is 16.6 Å². The number of para-hydroxylation sites is 1. The molecule has 0 spiro atoms. The molecule has 2 aromatic carbocycles. The van der Waals surface area contributed by atoms with Gasteiger partial charge in [-0.2, -0.15) is 0 Å². The molecule has 6 rings (SSSR count). The number of aliphatic hydroxyl groups excluding tert-OH is 2. The number of amides is 1. The van der Waals surface area contributed by atoms with Crippen molar-refractivity contribution in [1.29, 1.82) is 0 Å². The molecule has 0 saturated heterocycles. The van der Waals surface area contributed by atoms with Crippen molar-refractivity contribution < 1.29 is 34.0 Å². The number of nitrogens with one attached hydrogen (secondary N) is 1. The molecule has 0 unspecified atom stereocenters. The molecule has 234 valence electrons. The molecule has 0 aliphatic heterocycles. The summed E-state index contributed by atoms with van der Waals surface area (Å²) in [6.07, 6.45) is 3.48. The van der Waals surface area contributed by atoms with E-state index >= 15 is 0 Å². The Kier molecular flexibility index (Phi) is 8.72. The molecular weight excluding hydrogens is 592 g/mol. The largest absolute Gasteiger partial charge is 0.493 e. The van der Waals surface area contributed by atoms with Crippen LogP contribution >= 0.6 is 0 Å². The van der Waals surface area contributed by atoms with Gasteiger partial charge < -0.3 is 29.7 Å². The van der Waals surface area contributed by atoms with E-state index in [4.69, 9.17) is 19.3 Å². The molecule has 1 atom stereocenters. The van der Waals surface area contributed by atoms with Gasteiger partial charge in [-0.25, -0.2) is 4.98 Å². The third-order valence-electron chi connectivity index (χ3n) is 7.51. The van der Waals surface area contributed by atoms with Crippen LogP contribution in [0.1, 0.15) is 39.3 Å². The van der Waals surface area contributed by atoms with Crippen LogP contribution in [-0.2, 0) is 6.42 Å². The number of rotatable bonds is 10. The van der Waals surface area contributed by atoms with Crippen LogP contribution in [0.5, 0.6) is 23.0 Å². The molecule has 0 bridgehead atoms. The fourth-order valence-corrected chi connectivity index (χ4v) is 5.26. The molecule has 5 aromatic rings. The van der Waals surface area contributed by atoms with E-state index in [1.807, 2.05) is 6.07 Å². The Hall–Kier alpha value is -5.59. The van der Waals surface area contributed by atoms with Gasteiger partial charge in [-0.3, -0.25) is 23.9 Å². The summed E-state index contributed by atoms with van der Waals surface area (Å²) in [5.74, 6) is 0.916. The molecule has 0 radical (unpaired) electrons. The number of Topliss-reactive ketones (excluding diaryl/α,β-unsaturated/α-hetero) is 1. The van der Waals surface area contributed by atoms with Crippen LogP contribution < -0.4 is 25.1 Å². The Morgan fingerprint density at radius 2 is 1.83 bits per heavy atom. The first kappa shape index (κ1) is 30.4. The number of aromatic nitrogens is 3. The number of hydrogen-bond acceptors (Lipinski definition) is 10. The summed E-state index contributed by atoms with van der Waals surface area (Å²) >= 11 is 0. The van der Waals surface area contributed by atoms with Gasteiger partial charge in [-0.1, -0.05) is 18.2 Å². The number of pyridine rings is 3. The first-order valence-electron chi connectivity index (χ1n) is 14.6. The van der Waals surface area contributed by atoms with Crippen LogP contribution in [0, 0.1) is 0 Å². The van der Waals surface area contributed by atoms with Crippen molar-refractivity contribution in [2.24, 2.45) is 0 Å². The average molecular weight is 623 g/mol. The zero-order chi connectivity index (χ0) is 32.2. The maximum absolute atomic E-state index is 13.6. The molecule has 3 heterocycles. The zero-order valence-electron chi connectivity index (χ0n) is 24.8. The second-order valence-electron chi connectivity index (χ2n) is 10.6. The monoisotopic (exact) mass is 622 g/mol. The van der Waals surface area contributed by atoms with Gasteiger partial charge in [-0.15, -0.1) is 0 Å². The molecule has 0 saturated carbocycles. The molecule has 1 amide bonds. The highest BCUT2D eigenvalue weighted by Crippen LogP contribution is 2.37. The van der Waals surface area contributed by atoms with Gasteiger partial charge in [0.1, 0.15) is 35.6 Å². The summed E-state index contributed by atoms with van der Waals surface area (Å²) in [7, 11) is 1.48. The number of carbonyl (C=O) groups excluding carboxylic acids is 2. The van der Waals surface area contributed by atoms with Crippen molar-refractivity contribution in [3.8, 4) is 28.7 Å². The Labute approximate surface area is 262 Å². The molecule has 46 heavy (non-hydrogen) atoms. The van der Waals surface area contributed by atoms with Crippen molar-refractivity contribution in [1.82, 2.24) is 14.5 Å². The Morgan fingerprint density at radius 1 is 1.00 bits per heavy atom. The topological polar surface area (TPSA) is 162 Å². The molecule has 12 nitrogen and oxygen atoms in total. The van der Waals surface area contributed by atoms with Crippen LogP contribution in [0.3, 0.4) is 0 Å². The highest BCUT2D eigenvalue weighted by Gasteiger charge is 2.26. The number of nitrogens with zero attached hydrogens (tertiary/aromatic N) is 3. The highest BCUT2D eigenvalue weighted by atomic mass is 16.5. The summed E-state index contributed by atoms with van der Waals surface area (Å²) in [5, 5.41) is 22.0. The number of methoxy groups -OCH3 is 1. The average Bonchev–Trinajstić information content (AvgIpc) is 3.08. The molecule has 3 aromatic heterocycles. The van der Waals surface area contributed by atoms with Crippen LogP contribution in [0.4, 0.5) is 5.82 Å². The maximum atomic E-state index is 13.6. The van der Waals surface area contributed by atoms with Gasteiger partial charge in [0, 0.05) is 41.0 Å². The second kappa shape index (κ2) is 13.2. The number of anilines is 1. The summed E-state index contributed by atoms with van der Waals surface area (Å²) < 4.78 is 18.6. The van der Waals surface area contributed by atoms with E-state index in [0.29, 0.717) is 70.1 Å². The molecular formula is C34H30N4O8. The van der Waals surface area contributed by atoms with Crippen molar-refractivity contribution >= 4 is 28.4 Å². The molecule has 12 heteroatoms. The van der Waals surface area contributed by atoms with E-state index in [2.05, 4.69) is 15.3 Å². The van der Waals surface area contributed by atoms with Crippen LogP contribution in [-0.4, -0.2) is 62.9 Å². The normalized spacial score (nSPS) is 13.2. The van der Waals surface area contributed by atoms with Crippen molar-refractivity contribution in [3.05, 3.63) is 106 Å². The van der Waals surface area contributed by atoms with Crippen molar-refractivity contribution in [2.45, 2.75) is 25.4 Å². The van der Waals surface area contributed by atoms with E-state index in [-0.39, 0.29) is 23.8 Å². The Morgan fingerprint density at radius 3 is 2.57 bits per heavy atom. The minimum absolute atomic E-state index is 0.106. The van der Waals surface area contributed by atoms with Gasteiger partial charge in [0.15, 0.2) is 17.3 Å². The van der Waals surface area contributed by atoms with E-state index in [1.54, 1.807) is 54.7 Å². The van der Waals surface area contributed by atoms with Crippen molar-refractivity contribution in [2.75, 3.05) is 25.6 Å². The number of aliphatic hydroxyl groups is 2. The number of ether oxygens (including phenoxy) is 3.